The van der Waals surface area contributed by atoms with Gasteiger partial charge >= 0.3 is 0 Å². The van der Waals surface area contributed by atoms with Crippen LogP contribution in [0.3, 0.4) is 0 Å². The molecule has 0 saturated carbocycles. The molecule has 2 heterocycles. The van der Waals surface area contributed by atoms with Gasteiger partial charge in [-0.1, -0.05) is 36.4 Å². The Morgan fingerprint density at radius 1 is 0.913 bits per heavy atom. The number of anilines is 1. The van der Waals surface area contributed by atoms with Gasteiger partial charge in [0.15, 0.2) is 0 Å². The summed E-state index contributed by atoms with van der Waals surface area (Å²) in [4.78, 5) is 22.5. The lowest BCUT2D eigenvalue weighted by molar-refractivity contribution is 0.579. The second kappa shape index (κ2) is 5.88. The van der Waals surface area contributed by atoms with E-state index in [0.717, 1.165) is 29.9 Å². The number of para-hydroxylation sites is 1. The van der Waals surface area contributed by atoms with E-state index in [9.17, 15) is 4.79 Å². The molecule has 0 aliphatic carbocycles. The van der Waals surface area contributed by atoms with Crippen LogP contribution in [0.1, 0.15) is 19.3 Å². The third-order valence-corrected chi connectivity index (χ3v) is 4.46. The van der Waals surface area contributed by atoms with Gasteiger partial charge in [-0.05, 0) is 31.4 Å². The highest BCUT2D eigenvalue weighted by molar-refractivity contribution is 5.91. The molecule has 1 aliphatic rings. The smallest absolute Gasteiger partial charge is 0.259 e. The molecule has 4 heteroatoms. The van der Waals surface area contributed by atoms with Gasteiger partial charge in [-0.3, -0.25) is 4.79 Å². The largest absolute Gasteiger partial charge is 0.370 e. The number of piperidine rings is 1. The fourth-order valence-corrected chi connectivity index (χ4v) is 3.27. The van der Waals surface area contributed by atoms with Crippen LogP contribution in [0.2, 0.25) is 0 Å². The van der Waals surface area contributed by atoms with E-state index in [4.69, 9.17) is 4.98 Å². The van der Waals surface area contributed by atoms with Gasteiger partial charge in [0, 0.05) is 18.7 Å². The zero-order valence-electron chi connectivity index (χ0n) is 13.0. The highest BCUT2D eigenvalue weighted by atomic mass is 16.1. The number of hydrogen-bond acceptors (Lipinski definition) is 3. The van der Waals surface area contributed by atoms with Crippen LogP contribution < -0.4 is 10.5 Å². The van der Waals surface area contributed by atoms with E-state index in [1.807, 2.05) is 42.5 Å². The molecule has 4 rings (SSSR count). The van der Waals surface area contributed by atoms with Crippen LogP contribution in [0, 0.1) is 0 Å². The summed E-state index contributed by atoms with van der Waals surface area (Å²) in [6.45, 7) is 2.07. The minimum absolute atomic E-state index is 0.0762. The first-order valence-electron chi connectivity index (χ1n) is 8.16. The number of benzene rings is 2. The lowest BCUT2D eigenvalue weighted by atomic mass is 10.1. The summed E-state index contributed by atoms with van der Waals surface area (Å²) in [5, 5.41) is 0.660. The molecule has 1 aliphatic heterocycles. The molecule has 1 fully saturated rings. The summed E-state index contributed by atoms with van der Waals surface area (Å²) < 4.78 is 0. The molecule has 0 bridgehead atoms. The second-order valence-corrected chi connectivity index (χ2v) is 6.00. The van der Waals surface area contributed by atoms with Crippen molar-refractivity contribution in [1.82, 2.24) is 9.97 Å². The van der Waals surface area contributed by atoms with Crippen LogP contribution in [-0.4, -0.2) is 23.1 Å². The maximum Gasteiger partial charge on any atom is 0.259 e. The van der Waals surface area contributed by atoms with Gasteiger partial charge < -0.3 is 9.88 Å². The highest BCUT2D eigenvalue weighted by Gasteiger charge is 2.16. The van der Waals surface area contributed by atoms with Crippen molar-refractivity contribution in [3.63, 3.8) is 0 Å². The van der Waals surface area contributed by atoms with E-state index in [1.54, 1.807) is 0 Å². The molecule has 1 N–H and O–H groups in total. The Morgan fingerprint density at radius 3 is 2.48 bits per heavy atom. The van der Waals surface area contributed by atoms with Crippen molar-refractivity contribution in [3.05, 3.63) is 58.9 Å². The molecule has 4 nitrogen and oxygen atoms in total. The van der Waals surface area contributed by atoms with Gasteiger partial charge in [0.1, 0.15) is 11.3 Å². The summed E-state index contributed by atoms with van der Waals surface area (Å²) in [5.74, 6) is 0.632. The Labute approximate surface area is 134 Å². The number of rotatable bonds is 2. The number of fused-ring (bicyclic) bond motifs is 1. The fraction of sp³-hybridized carbons (Fsp3) is 0.263. The number of hydrogen-bond donors (Lipinski definition) is 1. The monoisotopic (exact) mass is 305 g/mol. The standard InChI is InChI=1S/C19H19N3O/c23-19-15-10-7-11-16(22-12-5-2-6-13-22)17(15)20-18(21-19)14-8-3-1-4-9-14/h1,3-4,7-11H,2,5-6,12-13H2,(H,20,21,23). The Hall–Kier alpha value is -2.62. The normalized spacial score (nSPS) is 15.0. The molecule has 1 saturated heterocycles. The van der Waals surface area contributed by atoms with Gasteiger partial charge in [0.25, 0.3) is 5.56 Å². The maximum atomic E-state index is 12.5. The zero-order valence-corrected chi connectivity index (χ0v) is 13.0. The molecular weight excluding hydrogens is 286 g/mol. The van der Waals surface area contributed by atoms with Gasteiger partial charge in [-0.15, -0.1) is 0 Å². The zero-order chi connectivity index (χ0) is 15.6. The van der Waals surface area contributed by atoms with Crippen LogP contribution in [0.5, 0.6) is 0 Å². The quantitative estimate of drug-likeness (QED) is 0.787. The third kappa shape index (κ3) is 2.61. The van der Waals surface area contributed by atoms with E-state index in [1.165, 1.54) is 19.3 Å². The number of aromatic nitrogens is 2. The molecule has 2 aromatic carbocycles. The Balaban J connectivity index is 1.91. The van der Waals surface area contributed by atoms with Crippen LogP contribution >= 0.6 is 0 Å². The molecule has 0 unspecified atom stereocenters. The number of nitrogens with one attached hydrogen (secondary N) is 1. The maximum absolute atomic E-state index is 12.5. The molecule has 0 atom stereocenters. The molecule has 3 aromatic rings. The average molecular weight is 305 g/mol. The molecule has 0 spiro atoms. The van der Waals surface area contributed by atoms with Gasteiger partial charge in [0.2, 0.25) is 0 Å². The van der Waals surface area contributed by atoms with Crippen molar-refractivity contribution in [2.24, 2.45) is 0 Å². The van der Waals surface area contributed by atoms with Crippen LogP contribution in [0.4, 0.5) is 5.69 Å². The minimum atomic E-state index is -0.0762. The topological polar surface area (TPSA) is 49.0 Å². The molecule has 1 aromatic heterocycles. The number of H-pyrrole nitrogens is 1. The van der Waals surface area contributed by atoms with Crippen molar-refractivity contribution in [1.29, 1.82) is 0 Å². The SMILES string of the molecule is O=c1[nH]c(-c2ccccc2)nc2c(N3CCCCC3)cccc12. The Morgan fingerprint density at radius 2 is 1.70 bits per heavy atom. The van der Waals surface area contributed by atoms with E-state index in [-0.39, 0.29) is 5.56 Å². The first-order valence-corrected chi connectivity index (χ1v) is 8.16. The predicted octanol–water partition coefficient (Wildman–Crippen LogP) is 3.58. The lowest BCUT2D eigenvalue weighted by Crippen LogP contribution is -2.30. The van der Waals surface area contributed by atoms with Gasteiger partial charge in [0.05, 0.1) is 11.1 Å². The number of aromatic amines is 1. The van der Waals surface area contributed by atoms with Crippen molar-refractivity contribution < 1.29 is 0 Å². The summed E-state index contributed by atoms with van der Waals surface area (Å²) in [5.41, 5.74) is 2.73. The molecule has 116 valence electrons. The first-order chi connectivity index (χ1) is 11.3. The fourth-order valence-electron chi connectivity index (χ4n) is 3.27. The second-order valence-electron chi connectivity index (χ2n) is 6.00. The minimum Gasteiger partial charge on any atom is -0.370 e. The lowest BCUT2D eigenvalue weighted by Gasteiger charge is -2.29. The van der Waals surface area contributed by atoms with Crippen molar-refractivity contribution in [2.45, 2.75) is 19.3 Å². The molecule has 23 heavy (non-hydrogen) atoms. The number of nitrogens with zero attached hydrogens (tertiary/aromatic N) is 2. The van der Waals surface area contributed by atoms with Crippen molar-refractivity contribution in [2.75, 3.05) is 18.0 Å². The first kappa shape index (κ1) is 14.0. The van der Waals surface area contributed by atoms with Crippen molar-refractivity contribution in [3.8, 4) is 11.4 Å². The van der Waals surface area contributed by atoms with E-state index in [0.29, 0.717) is 11.2 Å². The van der Waals surface area contributed by atoms with E-state index in [2.05, 4.69) is 16.0 Å². The third-order valence-electron chi connectivity index (χ3n) is 4.46. The summed E-state index contributed by atoms with van der Waals surface area (Å²) in [7, 11) is 0. The van der Waals surface area contributed by atoms with E-state index >= 15 is 0 Å². The molecular formula is C19H19N3O. The summed E-state index contributed by atoms with van der Waals surface area (Å²) in [6.07, 6.45) is 3.68. The molecule has 0 amide bonds. The Bertz CT molecular complexity index is 880. The summed E-state index contributed by atoms with van der Waals surface area (Å²) >= 11 is 0. The average Bonchev–Trinajstić information content (AvgIpc) is 2.63. The highest BCUT2D eigenvalue weighted by Crippen LogP contribution is 2.27. The van der Waals surface area contributed by atoms with Gasteiger partial charge in [-0.25, -0.2) is 4.98 Å². The predicted molar refractivity (Wildman–Crippen MR) is 93.9 cm³/mol. The summed E-state index contributed by atoms with van der Waals surface area (Å²) in [6, 6.07) is 15.7. The van der Waals surface area contributed by atoms with Crippen LogP contribution in [0.25, 0.3) is 22.3 Å². The van der Waals surface area contributed by atoms with E-state index < -0.39 is 0 Å². The Kier molecular flexibility index (Phi) is 3.58. The van der Waals surface area contributed by atoms with Gasteiger partial charge in [-0.2, -0.15) is 0 Å². The molecule has 0 radical (unpaired) electrons. The van der Waals surface area contributed by atoms with Crippen LogP contribution in [0.15, 0.2) is 53.3 Å². The van der Waals surface area contributed by atoms with Crippen molar-refractivity contribution >= 4 is 16.6 Å². The van der Waals surface area contributed by atoms with Crippen LogP contribution in [-0.2, 0) is 0 Å².